The van der Waals surface area contributed by atoms with Crippen molar-refractivity contribution in [2.75, 3.05) is 0 Å². The maximum Gasteiger partial charge on any atom is 0.339 e. The van der Waals surface area contributed by atoms with Crippen molar-refractivity contribution in [3.8, 4) is 11.5 Å². The van der Waals surface area contributed by atoms with Crippen molar-refractivity contribution >= 4 is 11.0 Å². The van der Waals surface area contributed by atoms with Crippen molar-refractivity contribution in [3.05, 3.63) is 80.7 Å². The molecular weight excluding hydrogens is 449 g/mol. The molecule has 7 nitrogen and oxygen atoms in total. The Balaban J connectivity index is 1.49. The Hall–Kier alpha value is -3.68. The van der Waals surface area contributed by atoms with Crippen molar-refractivity contribution in [2.24, 2.45) is 0 Å². The van der Waals surface area contributed by atoms with E-state index in [4.69, 9.17) is 13.9 Å². The molecule has 0 spiro atoms. The third-order valence-corrected chi connectivity index (χ3v) is 6.50. The molecule has 0 aliphatic carbocycles. The van der Waals surface area contributed by atoms with Crippen LogP contribution in [0.25, 0.3) is 11.0 Å². The predicted octanol–water partition coefficient (Wildman–Crippen LogP) is 5.13. The van der Waals surface area contributed by atoms with Gasteiger partial charge < -0.3 is 13.9 Å². The molecular formula is C27H28FN3O4. The van der Waals surface area contributed by atoms with Crippen LogP contribution in [0.1, 0.15) is 55.1 Å². The van der Waals surface area contributed by atoms with Gasteiger partial charge in [-0.25, -0.2) is 13.9 Å². The van der Waals surface area contributed by atoms with Crippen molar-refractivity contribution in [1.29, 1.82) is 0 Å². The Morgan fingerprint density at radius 3 is 2.74 bits per heavy atom. The van der Waals surface area contributed by atoms with Gasteiger partial charge in [-0.1, -0.05) is 24.3 Å². The highest BCUT2D eigenvalue weighted by Crippen LogP contribution is 2.45. The minimum Gasteiger partial charge on any atom is -0.484 e. The Bertz CT molecular complexity index is 1450. The Kier molecular flexibility index (Phi) is 5.83. The second-order valence-electron chi connectivity index (χ2n) is 9.60. The van der Waals surface area contributed by atoms with E-state index in [1.54, 1.807) is 23.0 Å². The van der Waals surface area contributed by atoms with Crippen LogP contribution in [0, 0.1) is 12.7 Å². The molecule has 2 aromatic heterocycles. The lowest BCUT2D eigenvalue weighted by Crippen LogP contribution is -2.33. The van der Waals surface area contributed by atoms with Gasteiger partial charge in [0, 0.05) is 10.9 Å². The lowest BCUT2D eigenvalue weighted by molar-refractivity contribution is 0.0787. The number of aryl methyl sites for hydroxylation is 2. The highest BCUT2D eigenvalue weighted by atomic mass is 19.1. The summed E-state index contributed by atoms with van der Waals surface area (Å²) in [6.45, 7) is 8.54. The molecule has 2 aromatic carbocycles. The molecule has 0 radical (unpaired) electrons. The molecule has 35 heavy (non-hydrogen) atoms. The largest absolute Gasteiger partial charge is 0.484 e. The van der Waals surface area contributed by atoms with Gasteiger partial charge in [0.05, 0.1) is 12.7 Å². The fourth-order valence-electron chi connectivity index (χ4n) is 4.53. The first-order valence-corrected chi connectivity index (χ1v) is 11.8. The van der Waals surface area contributed by atoms with Crippen LogP contribution in [0.5, 0.6) is 11.5 Å². The fourth-order valence-corrected chi connectivity index (χ4v) is 4.53. The highest BCUT2D eigenvalue weighted by molar-refractivity contribution is 5.90. The quantitative estimate of drug-likeness (QED) is 0.359. The molecule has 0 saturated carbocycles. The van der Waals surface area contributed by atoms with Gasteiger partial charge in [0.15, 0.2) is 11.3 Å². The minimum atomic E-state index is -0.365. The molecule has 3 heterocycles. The van der Waals surface area contributed by atoms with E-state index >= 15 is 0 Å². The number of hydrogen-bond donors (Lipinski definition) is 0. The van der Waals surface area contributed by atoms with E-state index in [0.717, 1.165) is 34.9 Å². The second-order valence-corrected chi connectivity index (χ2v) is 9.60. The van der Waals surface area contributed by atoms with Gasteiger partial charge >= 0.3 is 5.63 Å². The van der Waals surface area contributed by atoms with Gasteiger partial charge in [0.1, 0.15) is 23.7 Å². The zero-order valence-electron chi connectivity index (χ0n) is 20.4. The van der Waals surface area contributed by atoms with E-state index in [9.17, 15) is 9.18 Å². The van der Waals surface area contributed by atoms with Gasteiger partial charge in [-0.15, -0.1) is 5.10 Å². The van der Waals surface area contributed by atoms with Gasteiger partial charge in [0.25, 0.3) is 0 Å². The summed E-state index contributed by atoms with van der Waals surface area (Å²) in [6.07, 6.45) is 4.09. The molecule has 0 N–H and O–H groups in total. The molecule has 0 amide bonds. The fraction of sp³-hybridized carbons (Fsp3) is 0.370. The van der Waals surface area contributed by atoms with Gasteiger partial charge in [-0.3, -0.25) is 0 Å². The monoisotopic (exact) mass is 477 g/mol. The maximum atomic E-state index is 13.2. The zero-order chi connectivity index (χ0) is 24.7. The first kappa shape index (κ1) is 23.1. The van der Waals surface area contributed by atoms with Gasteiger partial charge in [-0.2, -0.15) is 0 Å². The topological polar surface area (TPSA) is 79.4 Å². The average molecular weight is 478 g/mol. The van der Waals surface area contributed by atoms with E-state index in [1.165, 1.54) is 12.1 Å². The number of hydrogen-bond acceptors (Lipinski definition) is 6. The molecule has 5 rings (SSSR count). The van der Waals surface area contributed by atoms with Crippen LogP contribution in [0.3, 0.4) is 0 Å². The first-order valence-electron chi connectivity index (χ1n) is 11.8. The van der Waals surface area contributed by atoms with Crippen molar-refractivity contribution < 1.29 is 18.3 Å². The average Bonchev–Trinajstić information content (AvgIpc) is 3.26. The van der Waals surface area contributed by atoms with Crippen molar-refractivity contribution in [1.82, 2.24) is 15.0 Å². The van der Waals surface area contributed by atoms with E-state index in [-0.39, 0.29) is 23.7 Å². The number of ether oxygens (including phenoxy) is 2. The van der Waals surface area contributed by atoms with Gasteiger partial charge in [-0.05, 0) is 74.9 Å². The lowest BCUT2D eigenvalue weighted by atomic mass is 9.92. The number of halogens is 1. The van der Waals surface area contributed by atoms with Crippen molar-refractivity contribution in [2.45, 2.75) is 65.7 Å². The normalized spacial score (nSPS) is 14.5. The molecule has 4 aromatic rings. The third-order valence-electron chi connectivity index (χ3n) is 6.50. The van der Waals surface area contributed by atoms with Gasteiger partial charge in [0.2, 0.25) is 5.75 Å². The number of aromatic nitrogens is 3. The Morgan fingerprint density at radius 1 is 1.23 bits per heavy atom. The highest BCUT2D eigenvalue weighted by Gasteiger charge is 2.32. The minimum absolute atomic E-state index is 0.122. The summed E-state index contributed by atoms with van der Waals surface area (Å²) < 4.78 is 33.2. The van der Waals surface area contributed by atoms with Crippen LogP contribution in [0.2, 0.25) is 0 Å². The van der Waals surface area contributed by atoms with E-state index in [1.807, 2.05) is 27.7 Å². The first-order chi connectivity index (χ1) is 16.7. The molecule has 8 heteroatoms. The molecule has 0 saturated heterocycles. The smallest absolute Gasteiger partial charge is 0.339 e. The SMILES string of the molecule is CCc1c(C)c2cc3c(c(OCc4cn(Cc5ccc(F)cc5)nn4)c2oc1=O)OC(C)(C)CC3. The van der Waals surface area contributed by atoms with Crippen LogP contribution >= 0.6 is 0 Å². The standard InChI is InChI=1S/C27H28FN3O4/c1-5-21-16(2)22-12-18-10-11-27(3,4)35-23(18)25(24(22)34-26(21)32)33-15-20-14-31(30-29-20)13-17-6-8-19(28)9-7-17/h6-9,12,14H,5,10-11,13,15H2,1-4H3. The Morgan fingerprint density at radius 2 is 2.00 bits per heavy atom. The van der Waals surface area contributed by atoms with E-state index in [2.05, 4.69) is 16.4 Å². The third kappa shape index (κ3) is 4.52. The molecule has 0 atom stereocenters. The van der Waals surface area contributed by atoms with Crippen LogP contribution in [0.15, 0.2) is 45.7 Å². The molecule has 0 unspecified atom stereocenters. The maximum absolute atomic E-state index is 13.2. The Labute approximate surface area is 202 Å². The van der Waals surface area contributed by atoms with E-state index in [0.29, 0.717) is 41.3 Å². The number of fused-ring (bicyclic) bond motifs is 2. The summed E-state index contributed by atoms with van der Waals surface area (Å²) in [7, 11) is 0. The molecule has 0 bridgehead atoms. The van der Waals surface area contributed by atoms with Crippen LogP contribution < -0.4 is 15.1 Å². The van der Waals surface area contributed by atoms with Crippen LogP contribution in [-0.4, -0.2) is 20.6 Å². The number of nitrogens with zero attached hydrogens (tertiary/aromatic N) is 3. The van der Waals surface area contributed by atoms with E-state index < -0.39 is 0 Å². The summed E-state index contributed by atoms with van der Waals surface area (Å²) >= 11 is 0. The summed E-state index contributed by atoms with van der Waals surface area (Å²) in [5.41, 5.74) is 3.79. The van der Waals surface area contributed by atoms with Crippen LogP contribution in [0.4, 0.5) is 4.39 Å². The predicted molar refractivity (Wildman–Crippen MR) is 129 cm³/mol. The summed E-state index contributed by atoms with van der Waals surface area (Å²) in [6, 6.07) is 8.32. The summed E-state index contributed by atoms with van der Waals surface area (Å²) in [5.74, 6) is 0.749. The number of rotatable bonds is 6. The molecule has 1 aliphatic rings. The van der Waals surface area contributed by atoms with Crippen LogP contribution in [-0.2, 0) is 26.0 Å². The lowest BCUT2D eigenvalue weighted by Gasteiger charge is -2.33. The molecule has 1 aliphatic heterocycles. The summed E-state index contributed by atoms with van der Waals surface area (Å²) in [5, 5.41) is 9.23. The van der Waals surface area contributed by atoms with Crippen molar-refractivity contribution in [3.63, 3.8) is 0 Å². The molecule has 0 fully saturated rings. The number of benzene rings is 2. The second kappa shape index (κ2) is 8.83. The molecule has 182 valence electrons. The zero-order valence-corrected chi connectivity index (χ0v) is 20.4. The summed E-state index contributed by atoms with van der Waals surface area (Å²) in [4.78, 5) is 12.7.